The van der Waals surface area contributed by atoms with Crippen LogP contribution in [0.25, 0.3) is 16.9 Å². The third kappa shape index (κ3) is 26.6. The average molecular weight is 916 g/mol. The van der Waals surface area contributed by atoms with Gasteiger partial charge in [-0.25, -0.2) is 4.70 Å². The van der Waals surface area contributed by atoms with Gasteiger partial charge in [0.2, 0.25) is 11.4 Å². The fraction of sp³-hybridized carbons (Fsp3) is 0.723. The van der Waals surface area contributed by atoms with E-state index in [2.05, 4.69) is 88.1 Å². The summed E-state index contributed by atoms with van der Waals surface area (Å²) < 4.78 is 1.51. The fourth-order valence-electron chi connectivity index (χ4n) is 10.3. The molecule has 0 saturated carbocycles. The van der Waals surface area contributed by atoms with Crippen LogP contribution < -0.4 is 0 Å². The molecule has 0 fully saturated rings. The van der Waals surface area contributed by atoms with Gasteiger partial charge in [-0.3, -0.25) is 0 Å². The lowest BCUT2D eigenvalue weighted by Gasteiger charge is -2.10. The first-order valence-electron chi connectivity index (χ1n) is 29.8. The summed E-state index contributed by atoms with van der Waals surface area (Å²) in [6.45, 7) is 9.13. The second kappa shape index (κ2) is 40.9. The van der Waals surface area contributed by atoms with Gasteiger partial charge in [0.25, 0.3) is 0 Å². The van der Waals surface area contributed by atoms with Crippen molar-refractivity contribution in [2.45, 2.75) is 304 Å². The van der Waals surface area contributed by atoms with E-state index in [1.165, 1.54) is 259 Å². The molecule has 0 amide bonds. The van der Waals surface area contributed by atoms with E-state index in [1.807, 2.05) is 0 Å². The van der Waals surface area contributed by atoms with E-state index in [0.29, 0.717) is 0 Å². The Balaban J connectivity index is 1.47. The molecule has 0 saturated heterocycles. The summed E-state index contributed by atoms with van der Waals surface area (Å²) >= 11 is 0. The normalized spacial score (nSPS) is 12.7. The van der Waals surface area contributed by atoms with Crippen molar-refractivity contribution in [1.29, 1.82) is 0 Å². The van der Waals surface area contributed by atoms with Crippen molar-refractivity contribution in [3.05, 3.63) is 87.5 Å². The van der Waals surface area contributed by atoms with Crippen molar-refractivity contribution in [2.75, 3.05) is 0 Å². The molecule has 67 heavy (non-hydrogen) atoms. The van der Waals surface area contributed by atoms with Gasteiger partial charge in [-0.1, -0.05) is 289 Å². The van der Waals surface area contributed by atoms with Gasteiger partial charge in [0, 0.05) is 23.1 Å². The lowest BCUT2D eigenvalue weighted by molar-refractivity contribution is -0.345. The van der Waals surface area contributed by atoms with Crippen LogP contribution in [0.4, 0.5) is 0 Å². The van der Waals surface area contributed by atoms with Gasteiger partial charge in [0.1, 0.15) is 5.57 Å². The first-order chi connectivity index (χ1) is 33.1. The van der Waals surface area contributed by atoms with Gasteiger partial charge in [-0.2, -0.15) is 0 Å². The number of hydrogen-bond acceptors (Lipinski definition) is 0. The molecular weight excluding hydrogens is 809 g/mol. The Morgan fingerprint density at radius 3 is 0.970 bits per heavy atom. The molecule has 0 aliphatic carbocycles. The zero-order chi connectivity index (χ0) is 47.7. The van der Waals surface area contributed by atoms with Crippen LogP contribution in [-0.2, 0) is 12.8 Å². The van der Waals surface area contributed by atoms with E-state index >= 15 is 0 Å². The van der Waals surface area contributed by atoms with Crippen molar-refractivity contribution >= 4 is 11.4 Å². The fourth-order valence-corrected chi connectivity index (χ4v) is 10.3. The predicted molar refractivity (Wildman–Crippen MR) is 298 cm³/mol. The molecule has 2 aromatic carbocycles. The summed E-state index contributed by atoms with van der Waals surface area (Å²) in [5.41, 5.74) is 21.2. The number of allylic oxidation sites excluding steroid dienone is 2. The van der Waals surface area contributed by atoms with E-state index in [1.54, 1.807) is 0 Å². The van der Waals surface area contributed by atoms with Gasteiger partial charge in [-0.15, -0.1) is 0 Å². The molecule has 0 bridgehead atoms. The van der Waals surface area contributed by atoms with Crippen molar-refractivity contribution in [2.24, 2.45) is 0 Å². The highest BCUT2D eigenvalue weighted by Crippen LogP contribution is 2.42. The summed E-state index contributed by atoms with van der Waals surface area (Å²) in [5.74, 6) is 7.37. The average Bonchev–Trinajstić information content (AvgIpc) is 3.62. The van der Waals surface area contributed by atoms with Crippen LogP contribution in [0.15, 0.2) is 59.7 Å². The van der Waals surface area contributed by atoms with Gasteiger partial charge >= 0.3 is 0 Å². The molecule has 3 rings (SSSR count). The molecule has 0 unspecified atom stereocenters. The van der Waals surface area contributed by atoms with E-state index in [-0.39, 0.29) is 0 Å². The Morgan fingerprint density at radius 1 is 0.328 bits per heavy atom. The summed E-state index contributed by atoms with van der Waals surface area (Å²) in [4.78, 5) is 0. The van der Waals surface area contributed by atoms with Crippen molar-refractivity contribution in [3.63, 3.8) is 0 Å². The highest BCUT2D eigenvalue weighted by molar-refractivity contribution is 5.85. The molecule has 0 radical (unpaired) electrons. The molecular formula is C65H106N2. The molecule has 1 aliphatic heterocycles. The minimum absolute atomic E-state index is 0.872. The maximum atomic E-state index is 12.2. The lowest BCUT2D eigenvalue weighted by Crippen LogP contribution is -2.03. The summed E-state index contributed by atoms with van der Waals surface area (Å²) in [6.07, 6.45) is 57.5. The van der Waals surface area contributed by atoms with Crippen LogP contribution in [0.1, 0.15) is 313 Å². The topological polar surface area (TPSA) is 25.3 Å². The molecule has 2 heteroatoms. The van der Waals surface area contributed by atoms with E-state index in [4.69, 9.17) is 0 Å². The Labute approximate surface area is 417 Å². The van der Waals surface area contributed by atoms with Crippen molar-refractivity contribution in [1.82, 2.24) is 0 Å². The standard InChI is InChI=1S/C65H106N2/c1-5-9-13-15-17-19-21-22-23-24-25-26-27-28-29-30-31-32-33-34-35-37-39-41-43-45-49-63-62(48-44-42-40-38-36-20-18-16-14-10-6-2)64(60-54-50-58(51-55-60)46-11-7-3)67(66)65(63)61-56-52-59(53-57-61)47-12-8-4/h50-57H,5-44,46-48H2,1-4H3. The Bertz CT molecular complexity index is 1630. The molecule has 2 nitrogen and oxygen atoms in total. The Kier molecular flexibility index (Phi) is 35.7. The van der Waals surface area contributed by atoms with Crippen molar-refractivity contribution < 1.29 is 4.70 Å². The van der Waals surface area contributed by atoms with Crippen LogP contribution in [-0.4, -0.2) is 4.70 Å². The molecule has 0 atom stereocenters. The monoisotopic (exact) mass is 915 g/mol. The highest BCUT2D eigenvalue weighted by Gasteiger charge is 2.35. The second-order valence-corrected chi connectivity index (χ2v) is 20.9. The number of unbranched alkanes of at least 4 members (excludes halogenated alkanes) is 36. The zero-order valence-electron chi connectivity index (χ0n) is 44.9. The van der Waals surface area contributed by atoms with E-state index in [0.717, 1.165) is 66.6 Å². The highest BCUT2D eigenvalue weighted by atomic mass is 15.2. The molecule has 2 aromatic rings. The summed E-state index contributed by atoms with van der Waals surface area (Å²) in [6, 6.07) is 18.0. The molecule has 1 aliphatic rings. The van der Waals surface area contributed by atoms with Gasteiger partial charge in [0.05, 0.1) is 0 Å². The second-order valence-electron chi connectivity index (χ2n) is 20.9. The first kappa shape index (κ1) is 58.4. The minimum atomic E-state index is 0.872. The Hall–Kier alpha value is -2.92. The predicted octanol–water partition coefficient (Wildman–Crippen LogP) is 22.0. The van der Waals surface area contributed by atoms with E-state index in [9.17, 15) is 5.53 Å². The quantitative estimate of drug-likeness (QED) is 0.0360. The number of hydrogen-bond donors (Lipinski definition) is 0. The van der Waals surface area contributed by atoms with E-state index < -0.39 is 0 Å². The summed E-state index contributed by atoms with van der Waals surface area (Å²) in [5, 5.41) is 0. The Morgan fingerprint density at radius 2 is 0.627 bits per heavy atom. The van der Waals surface area contributed by atoms with Gasteiger partial charge in [0.15, 0.2) is 0 Å². The lowest BCUT2D eigenvalue weighted by atomic mass is 9.94. The third-order valence-corrected chi connectivity index (χ3v) is 14.7. The minimum Gasteiger partial charge on any atom is -0.493 e. The number of benzene rings is 2. The zero-order valence-corrected chi connectivity index (χ0v) is 44.9. The first-order valence-corrected chi connectivity index (χ1v) is 29.8. The number of nitrogens with zero attached hydrogens (tertiary/aromatic N) is 2. The van der Waals surface area contributed by atoms with Crippen LogP contribution >= 0.6 is 0 Å². The van der Waals surface area contributed by atoms with Crippen LogP contribution in [0, 0.1) is 11.8 Å². The third-order valence-electron chi connectivity index (χ3n) is 14.7. The molecule has 0 spiro atoms. The molecule has 376 valence electrons. The molecule has 0 aromatic heterocycles. The van der Waals surface area contributed by atoms with Gasteiger partial charge in [-0.05, 0) is 80.3 Å². The maximum Gasteiger partial charge on any atom is 0.223 e. The number of aryl methyl sites for hydroxylation is 2. The largest absolute Gasteiger partial charge is 0.493 e. The number of rotatable bonds is 44. The van der Waals surface area contributed by atoms with Crippen LogP contribution in [0.3, 0.4) is 0 Å². The SMILES string of the molecule is CCCCCCCCCCCCCCCCCCCCCCCCCCC#CC1=C(c2ccc(CCCC)cc2)[N+](=[N-])C(c2ccc(CCCC)cc2)=C1CCCCCCCCCCCCC. The van der Waals surface area contributed by atoms with Crippen LogP contribution in [0.5, 0.6) is 0 Å². The summed E-state index contributed by atoms with van der Waals surface area (Å²) in [7, 11) is 0. The van der Waals surface area contributed by atoms with Crippen LogP contribution in [0.2, 0.25) is 0 Å². The maximum absolute atomic E-state index is 12.2. The molecule has 0 N–H and O–H groups in total. The molecule has 1 heterocycles. The smallest absolute Gasteiger partial charge is 0.223 e. The van der Waals surface area contributed by atoms with Gasteiger partial charge < -0.3 is 5.53 Å². The van der Waals surface area contributed by atoms with Crippen molar-refractivity contribution in [3.8, 4) is 11.8 Å².